The minimum atomic E-state index is -0.815. The molecule has 0 aromatic carbocycles. The lowest BCUT2D eigenvalue weighted by Gasteiger charge is -2.53. The lowest BCUT2D eigenvalue weighted by Crippen LogP contribution is -2.70. The summed E-state index contributed by atoms with van der Waals surface area (Å²) in [7, 11) is 1.26. The molecule has 184 valence electrons. The Morgan fingerprint density at radius 1 is 1.21 bits per heavy atom. The number of carbonyl (C=O) groups excluding carboxylic acids is 3. The van der Waals surface area contributed by atoms with Crippen molar-refractivity contribution in [2.24, 2.45) is 17.3 Å². The van der Waals surface area contributed by atoms with E-state index in [0.717, 1.165) is 17.6 Å². The van der Waals surface area contributed by atoms with E-state index in [1.54, 1.807) is 0 Å². The van der Waals surface area contributed by atoms with Crippen LogP contribution in [0.25, 0.3) is 0 Å². The van der Waals surface area contributed by atoms with Crippen LogP contribution in [-0.4, -0.2) is 79.5 Å². The molecule has 10 nitrogen and oxygen atoms in total. The van der Waals surface area contributed by atoms with E-state index in [9.17, 15) is 14.4 Å². The monoisotopic (exact) mass is 475 g/mol. The molecule has 2 saturated carbocycles. The highest BCUT2D eigenvalue weighted by Crippen LogP contribution is 2.83. The zero-order valence-corrected chi connectivity index (χ0v) is 19.7. The Morgan fingerprint density at radius 2 is 2.00 bits per heavy atom. The number of esters is 2. The predicted molar refractivity (Wildman–Crippen MR) is 111 cm³/mol. The highest BCUT2D eigenvalue weighted by Gasteiger charge is 3.01. The SMILES string of the molecule is COC(=O)CNC(=O)O[C@@H]1[C@@]2(C(C)C)O[C@H]2[C@@H]2O[C@]23[C@]12O[C@H]2C[C@H]1C2=C(CC[C@@]13C)C(=O)OC2. The first-order chi connectivity index (χ1) is 16.2. The van der Waals surface area contributed by atoms with Gasteiger partial charge >= 0.3 is 18.0 Å². The number of carbonyl (C=O) groups is 3. The van der Waals surface area contributed by atoms with Crippen molar-refractivity contribution in [1.29, 1.82) is 0 Å². The van der Waals surface area contributed by atoms with Crippen LogP contribution < -0.4 is 5.32 Å². The molecule has 4 aliphatic heterocycles. The Labute approximate surface area is 196 Å². The Kier molecular flexibility index (Phi) is 3.82. The maximum Gasteiger partial charge on any atom is 0.408 e. The maximum atomic E-state index is 12.8. The number of alkyl carbamates (subject to hydrolysis) is 1. The standard InChI is InChI=1S/C24H29NO9/c1-10(2)22-16(33-22)17-24(34-17)21(3)6-5-11-12(9-30-18(11)27)13(21)7-14-23(24,32-14)19(22)31-20(28)25-8-15(26)29-4/h10,13-14,16-17,19H,5-9H2,1-4H3,(H,25,28)/t13-,14-,16-,17-,19+,21-,22-,23+,24+/m0/s1. The van der Waals surface area contributed by atoms with Gasteiger partial charge in [0.15, 0.2) is 11.7 Å². The second-order valence-electron chi connectivity index (χ2n) is 11.2. The number of ether oxygens (including phenoxy) is 6. The Morgan fingerprint density at radius 3 is 2.74 bits per heavy atom. The summed E-state index contributed by atoms with van der Waals surface area (Å²) in [4.78, 5) is 36.6. The quantitative estimate of drug-likeness (QED) is 0.360. The molecule has 10 heteroatoms. The van der Waals surface area contributed by atoms with Crippen molar-refractivity contribution in [2.75, 3.05) is 20.3 Å². The number of cyclic esters (lactones) is 1. The molecule has 4 heterocycles. The second-order valence-corrected chi connectivity index (χ2v) is 11.2. The highest BCUT2D eigenvalue weighted by atomic mass is 16.8. The number of hydrogen-bond acceptors (Lipinski definition) is 9. The van der Waals surface area contributed by atoms with Crippen molar-refractivity contribution in [3.63, 3.8) is 0 Å². The van der Waals surface area contributed by atoms with Gasteiger partial charge in [-0.05, 0) is 36.7 Å². The molecule has 0 radical (unpaired) electrons. The molecule has 0 bridgehead atoms. The molecule has 3 saturated heterocycles. The van der Waals surface area contributed by atoms with Gasteiger partial charge in [0, 0.05) is 11.0 Å². The molecule has 2 spiro atoms. The van der Waals surface area contributed by atoms with Crippen LogP contribution in [0.1, 0.15) is 40.0 Å². The first-order valence-corrected chi connectivity index (χ1v) is 12.1. The van der Waals surface area contributed by atoms with Gasteiger partial charge in [0.05, 0.1) is 13.2 Å². The van der Waals surface area contributed by atoms with Crippen LogP contribution in [0.2, 0.25) is 0 Å². The first-order valence-electron chi connectivity index (χ1n) is 12.1. The van der Waals surface area contributed by atoms with Gasteiger partial charge in [-0.1, -0.05) is 20.8 Å². The minimum Gasteiger partial charge on any atom is -0.468 e. The van der Waals surface area contributed by atoms with E-state index in [0.29, 0.717) is 19.4 Å². The predicted octanol–water partition coefficient (Wildman–Crippen LogP) is 1.01. The van der Waals surface area contributed by atoms with Crippen molar-refractivity contribution >= 4 is 18.0 Å². The highest BCUT2D eigenvalue weighted by molar-refractivity contribution is 5.92. The molecule has 34 heavy (non-hydrogen) atoms. The third-order valence-electron chi connectivity index (χ3n) is 9.90. The smallest absolute Gasteiger partial charge is 0.408 e. The van der Waals surface area contributed by atoms with Crippen molar-refractivity contribution in [1.82, 2.24) is 5.32 Å². The van der Waals surface area contributed by atoms with Gasteiger partial charge in [0.25, 0.3) is 0 Å². The van der Waals surface area contributed by atoms with E-state index in [4.69, 9.17) is 23.7 Å². The van der Waals surface area contributed by atoms with Crippen LogP contribution in [0, 0.1) is 17.3 Å². The fraction of sp³-hybridized carbons (Fsp3) is 0.792. The third kappa shape index (κ3) is 2.09. The van der Waals surface area contributed by atoms with E-state index >= 15 is 0 Å². The molecule has 7 rings (SSSR count). The summed E-state index contributed by atoms with van der Waals surface area (Å²) in [5, 5.41) is 2.49. The average molecular weight is 475 g/mol. The van der Waals surface area contributed by atoms with Gasteiger partial charge < -0.3 is 33.7 Å². The fourth-order valence-corrected chi connectivity index (χ4v) is 8.21. The first kappa shape index (κ1) is 21.1. The van der Waals surface area contributed by atoms with Crippen molar-refractivity contribution in [3.05, 3.63) is 11.1 Å². The van der Waals surface area contributed by atoms with Crippen LogP contribution in [0.15, 0.2) is 11.1 Å². The Hall–Kier alpha value is -2.17. The number of rotatable bonds is 4. The molecule has 1 amide bonds. The summed E-state index contributed by atoms with van der Waals surface area (Å²) in [6, 6.07) is 0. The summed E-state index contributed by atoms with van der Waals surface area (Å²) in [5.41, 5.74) is -0.589. The molecule has 0 aromatic rings. The van der Waals surface area contributed by atoms with Crippen LogP contribution in [0.5, 0.6) is 0 Å². The van der Waals surface area contributed by atoms with Crippen LogP contribution in [0.4, 0.5) is 4.79 Å². The van der Waals surface area contributed by atoms with Crippen LogP contribution in [-0.2, 0) is 38.0 Å². The molecular formula is C24H29NO9. The van der Waals surface area contributed by atoms with Crippen LogP contribution in [0.3, 0.4) is 0 Å². The van der Waals surface area contributed by atoms with E-state index in [1.807, 2.05) is 0 Å². The maximum absolute atomic E-state index is 12.8. The molecule has 5 fully saturated rings. The molecule has 9 atom stereocenters. The number of nitrogens with one attached hydrogen (secondary N) is 1. The molecule has 0 unspecified atom stereocenters. The lowest BCUT2D eigenvalue weighted by molar-refractivity contribution is -0.139. The number of fused-ring (bicyclic) bond motifs is 4. The summed E-state index contributed by atoms with van der Waals surface area (Å²) in [6.07, 6.45) is 0.205. The summed E-state index contributed by atoms with van der Waals surface area (Å²) in [6.45, 7) is 6.38. The van der Waals surface area contributed by atoms with Crippen molar-refractivity contribution in [3.8, 4) is 0 Å². The average Bonchev–Trinajstić information content (AvgIpc) is 3.70. The Balaban J connectivity index is 1.27. The topological polar surface area (TPSA) is 129 Å². The second kappa shape index (κ2) is 6.14. The van der Waals surface area contributed by atoms with E-state index in [-0.39, 0.29) is 48.1 Å². The molecule has 0 aromatic heterocycles. The zero-order chi connectivity index (χ0) is 23.8. The lowest BCUT2D eigenvalue weighted by atomic mass is 9.46. The van der Waals surface area contributed by atoms with Gasteiger partial charge in [-0.3, -0.25) is 4.79 Å². The van der Waals surface area contributed by atoms with Gasteiger partial charge in [-0.2, -0.15) is 0 Å². The Bertz CT molecular complexity index is 1070. The van der Waals surface area contributed by atoms with Crippen molar-refractivity contribution in [2.45, 2.75) is 81.3 Å². The van der Waals surface area contributed by atoms with Gasteiger partial charge in [0.1, 0.15) is 36.6 Å². The van der Waals surface area contributed by atoms with E-state index in [1.165, 1.54) is 7.11 Å². The normalized spacial score (nSPS) is 50.5. The largest absolute Gasteiger partial charge is 0.468 e. The number of hydrogen-bond donors (Lipinski definition) is 1. The van der Waals surface area contributed by atoms with E-state index < -0.39 is 35.0 Å². The summed E-state index contributed by atoms with van der Waals surface area (Å²) >= 11 is 0. The molecule has 3 aliphatic carbocycles. The molecular weight excluding hydrogens is 446 g/mol. The number of amides is 1. The minimum absolute atomic E-state index is 0.0596. The van der Waals surface area contributed by atoms with Gasteiger partial charge in [0.2, 0.25) is 0 Å². The molecule has 1 N–H and O–H groups in total. The zero-order valence-electron chi connectivity index (χ0n) is 19.7. The van der Waals surface area contributed by atoms with Crippen LogP contribution >= 0.6 is 0 Å². The molecule has 7 aliphatic rings. The van der Waals surface area contributed by atoms with Crippen molar-refractivity contribution < 1.29 is 42.8 Å². The number of methoxy groups -OCH3 is 1. The fourth-order valence-electron chi connectivity index (χ4n) is 8.21. The van der Waals surface area contributed by atoms with Gasteiger partial charge in [-0.15, -0.1) is 0 Å². The van der Waals surface area contributed by atoms with E-state index in [2.05, 4.69) is 30.8 Å². The number of epoxide rings is 3. The summed E-state index contributed by atoms with van der Waals surface area (Å²) in [5.74, 6) is -0.599. The summed E-state index contributed by atoms with van der Waals surface area (Å²) < 4.78 is 35.6. The van der Waals surface area contributed by atoms with Gasteiger partial charge in [-0.25, -0.2) is 9.59 Å². The third-order valence-corrected chi connectivity index (χ3v) is 9.90.